The number of amides is 1. The maximum atomic E-state index is 12.6. The van der Waals surface area contributed by atoms with E-state index in [-0.39, 0.29) is 18.4 Å². The maximum Gasteiger partial charge on any atom is 0.253 e. The Morgan fingerprint density at radius 2 is 2.04 bits per heavy atom. The van der Waals surface area contributed by atoms with E-state index >= 15 is 0 Å². The van der Waals surface area contributed by atoms with E-state index in [1.165, 1.54) is 0 Å². The van der Waals surface area contributed by atoms with E-state index in [9.17, 15) is 9.90 Å². The number of aryl methyl sites for hydroxylation is 2. The van der Waals surface area contributed by atoms with Gasteiger partial charge in [-0.2, -0.15) is 5.10 Å². The molecule has 5 heteroatoms. The number of nitrogens with zero attached hydrogens (tertiary/aromatic N) is 3. The highest BCUT2D eigenvalue weighted by Crippen LogP contribution is 2.19. The van der Waals surface area contributed by atoms with Crippen LogP contribution in [0.5, 0.6) is 0 Å². The van der Waals surface area contributed by atoms with Gasteiger partial charge in [0.15, 0.2) is 0 Å². The molecular formula is C18H23N3O2. The van der Waals surface area contributed by atoms with Crippen molar-refractivity contribution in [3.05, 3.63) is 47.3 Å². The van der Waals surface area contributed by atoms with Crippen LogP contribution in [-0.4, -0.2) is 45.4 Å². The van der Waals surface area contributed by atoms with Crippen molar-refractivity contribution in [2.45, 2.75) is 26.7 Å². The minimum absolute atomic E-state index is 0.0445. The second-order valence-electron chi connectivity index (χ2n) is 6.33. The van der Waals surface area contributed by atoms with Gasteiger partial charge in [0.1, 0.15) is 0 Å². The minimum Gasteiger partial charge on any atom is -0.396 e. The molecule has 1 aliphatic rings. The molecule has 0 aliphatic carbocycles. The molecule has 2 heterocycles. The molecule has 5 nitrogen and oxygen atoms in total. The summed E-state index contributed by atoms with van der Waals surface area (Å²) in [5.74, 6) is 0.254. The Balaban J connectivity index is 1.76. The quantitative estimate of drug-likeness (QED) is 0.946. The third kappa shape index (κ3) is 3.29. The van der Waals surface area contributed by atoms with Crippen LogP contribution in [0.25, 0.3) is 5.69 Å². The van der Waals surface area contributed by atoms with Crippen molar-refractivity contribution in [1.29, 1.82) is 0 Å². The lowest BCUT2D eigenvalue weighted by Crippen LogP contribution is -2.40. The van der Waals surface area contributed by atoms with Gasteiger partial charge in [0.05, 0.1) is 11.4 Å². The van der Waals surface area contributed by atoms with E-state index in [0.717, 1.165) is 36.5 Å². The van der Waals surface area contributed by atoms with Crippen molar-refractivity contribution in [3.63, 3.8) is 0 Å². The van der Waals surface area contributed by atoms with Crippen LogP contribution < -0.4 is 0 Å². The Morgan fingerprint density at radius 1 is 1.30 bits per heavy atom. The predicted molar refractivity (Wildman–Crippen MR) is 88.8 cm³/mol. The maximum absolute atomic E-state index is 12.6. The van der Waals surface area contributed by atoms with Crippen LogP contribution in [-0.2, 0) is 0 Å². The summed E-state index contributed by atoms with van der Waals surface area (Å²) in [6.07, 6.45) is 1.96. The molecule has 1 aromatic carbocycles. The summed E-state index contributed by atoms with van der Waals surface area (Å²) in [6, 6.07) is 9.61. The van der Waals surface area contributed by atoms with E-state index in [2.05, 4.69) is 5.10 Å². The second kappa shape index (κ2) is 6.54. The van der Waals surface area contributed by atoms with E-state index in [1.807, 2.05) is 53.8 Å². The van der Waals surface area contributed by atoms with E-state index in [1.54, 1.807) is 0 Å². The summed E-state index contributed by atoms with van der Waals surface area (Å²) in [6.45, 7) is 5.56. The number of piperidine rings is 1. The molecule has 0 bridgehead atoms. The first-order valence-electron chi connectivity index (χ1n) is 8.12. The van der Waals surface area contributed by atoms with Crippen LogP contribution in [0.4, 0.5) is 0 Å². The van der Waals surface area contributed by atoms with Gasteiger partial charge in [-0.1, -0.05) is 0 Å². The third-order valence-electron chi connectivity index (χ3n) is 4.43. The van der Waals surface area contributed by atoms with Gasteiger partial charge in [-0.05, 0) is 62.9 Å². The molecule has 0 saturated carbocycles. The zero-order valence-electron chi connectivity index (χ0n) is 13.7. The third-order valence-corrected chi connectivity index (χ3v) is 4.43. The Morgan fingerprint density at radius 3 is 2.65 bits per heavy atom. The van der Waals surface area contributed by atoms with Crippen molar-refractivity contribution in [2.24, 2.45) is 5.92 Å². The SMILES string of the molecule is Cc1cc(C)n(-c2ccc(C(=O)N3CCCC(CO)C3)cc2)n1. The smallest absolute Gasteiger partial charge is 0.253 e. The Labute approximate surface area is 136 Å². The molecule has 122 valence electrons. The summed E-state index contributed by atoms with van der Waals surface area (Å²) < 4.78 is 1.88. The molecule has 1 N–H and O–H groups in total. The monoisotopic (exact) mass is 313 g/mol. The molecule has 1 atom stereocenters. The number of hydrogen-bond acceptors (Lipinski definition) is 3. The van der Waals surface area contributed by atoms with Crippen LogP contribution in [0, 0.1) is 19.8 Å². The van der Waals surface area contributed by atoms with E-state index in [0.29, 0.717) is 12.1 Å². The molecule has 0 radical (unpaired) electrons. The number of carbonyl (C=O) groups excluding carboxylic acids is 1. The number of likely N-dealkylation sites (tertiary alicyclic amines) is 1. The number of hydrogen-bond donors (Lipinski definition) is 1. The molecule has 23 heavy (non-hydrogen) atoms. The summed E-state index contributed by atoms with van der Waals surface area (Å²) in [7, 11) is 0. The fraction of sp³-hybridized carbons (Fsp3) is 0.444. The number of aromatic nitrogens is 2. The van der Waals surface area contributed by atoms with Gasteiger partial charge in [-0.15, -0.1) is 0 Å². The van der Waals surface area contributed by atoms with Gasteiger partial charge < -0.3 is 10.0 Å². The second-order valence-corrected chi connectivity index (χ2v) is 6.33. The first kappa shape index (κ1) is 15.7. The molecule has 1 aromatic heterocycles. The van der Waals surface area contributed by atoms with Crippen molar-refractivity contribution in [2.75, 3.05) is 19.7 Å². The summed E-state index contributed by atoms with van der Waals surface area (Å²) >= 11 is 0. The van der Waals surface area contributed by atoms with Crippen molar-refractivity contribution >= 4 is 5.91 Å². The molecule has 1 fully saturated rings. The summed E-state index contributed by atoms with van der Waals surface area (Å²) in [5, 5.41) is 13.8. The van der Waals surface area contributed by atoms with Gasteiger partial charge in [-0.3, -0.25) is 4.79 Å². The summed E-state index contributed by atoms with van der Waals surface area (Å²) in [4.78, 5) is 14.5. The Hall–Kier alpha value is -2.14. The van der Waals surface area contributed by atoms with Crippen molar-refractivity contribution < 1.29 is 9.90 Å². The molecule has 1 amide bonds. The lowest BCUT2D eigenvalue weighted by atomic mass is 9.98. The number of benzene rings is 1. The van der Waals surface area contributed by atoms with Gasteiger partial charge in [0, 0.05) is 31.0 Å². The highest BCUT2D eigenvalue weighted by molar-refractivity contribution is 5.94. The zero-order chi connectivity index (χ0) is 16.4. The van der Waals surface area contributed by atoms with Crippen molar-refractivity contribution in [3.8, 4) is 5.69 Å². The van der Waals surface area contributed by atoms with Gasteiger partial charge in [0.25, 0.3) is 5.91 Å². The lowest BCUT2D eigenvalue weighted by molar-refractivity contribution is 0.0620. The fourth-order valence-electron chi connectivity index (χ4n) is 3.22. The molecule has 2 aromatic rings. The molecular weight excluding hydrogens is 290 g/mol. The van der Waals surface area contributed by atoms with Crippen LogP contribution in [0.15, 0.2) is 30.3 Å². The molecule has 0 spiro atoms. The van der Waals surface area contributed by atoms with Crippen LogP contribution >= 0.6 is 0 Å². The van der Waals surface area contributed by atoms with E-state index in [4.69, 9.17) is 0 Å². The average molecular weight is 313 g/mol. The van der Waals surface area contributed by atoms with Crippen LogP contribution in [0.3, 0.4) is 0 Å². The molecule has 1 saturated heterocycles. The highest BCUT2D eigenvalue weighted by atomic mass is 16.3. The number of carbonyl (C=O) groups is 1. The summed E-state index contributed by atoms with van der Waals surface area (Å²) in [5.41, 5.74) is 3.70. The standard InChI is InChI=1S/C18H23N3O2/c1-13-10-14(2)21(19-13)17-7-5-16(6-8-17)18(23)20-9-3-4-15(11-20)12-22/h5-8,10,15,22H,3-4,9,11-12H2,1-2H3. The van der Waals surface area contributed by atoms with E-state index < -0.39 is 0 Å². The zero-order valence-corrected chi connectivity index (χ0v) is 13.7. The van der Waals surface area contributed by atoms with Crippen LogP contribution in [0.2, 0.25) is 0 Å². The predicted octanol–water partition coefficient (Wildman–Crippen LogP) is 2.33. The number of rotatable bonds is 3. The number of aliphatic hydroxyl groups excluding tert-OH is 1. The van der Waals surface area contributed by atoms with Gasteiger partial charge in [-0.25, -0.2) is 4.68 Å². The lowest BCUT2D eigenvalue weighted by Gasteiger charge is -2.31. The first-order valence-corrected chi connectivity index (χ1v) is 8.12. The minimum atomic E-state index is 0.0445. The largest absolute Gasteiger partial charge is 0.396 e. The molecule has 1 aliphatic heterocycles. The van der Waals surface area contributed by atoms with Gasteiger partial charge in [0.2, 0.25) is 0 Å². The highest BCUT2D eigenvalue weighted by Gasteiger charge is 2.24. The van der Waals surface area contributed by atoms with Crippen LogP contribution in [0.1, 0.15) is 34.6 Å². The molecule has 1 unspecified atom stereocenters. The van der Waals surface area contributed by atoms with Crippen molar-refractivity contribution in [1.82, 2.24) is 14.7 Å². The Kier molecular flexibility index (Phi) is 4.48. The topological polar surface area (TPSA) is 58.4 Å². The molecule has 3 rings (SSSR count). The van der Waals surface area contributed by atoms with Gasteiger partial charge >= 0.3 is 0 Å². The average Bonchev–Trinajstić information content (AvgIpc) is 2.93. The fourth-order valence-corrected chi connectivity index (χ4v) is 3.22. The number of aliphatic hydroxyl groups is 1. The first-order chi connectivity index (χ1) is 11.1. The normalized spacial score (nSPS) is 18.2. The Bertz CT molecular complexity index is 691.